The molecular formula is C33H49N5O. The molecule has 0 spiro atoms. The quantitative estimate of drug-likeness (QED) is 0.177. The van der Waals surface area contributed by atoms with E-state index >= 15 is 0 Å². The molecule has 0 saturated heterocycles. The highest BCUT2D eigenvalue weighted by Gasteiger charge is 2.29. The van der Waals surface area contributed by atoms with Crippen molar-refractivity contribution in [1.29, 1.82) is 0 Å². The van der Waals surface area contributed by atoms with Crippen LogP contribution in [0.15, 0.2) is 48.5 Å². The molecule has 1 N–H and O–H groups in total. The smallest absolute Gasteiger partial charge is 0.239 e. The standard InChI is InChI=1S/C33H49N5O/c1-6-7-8-9-10-11-12-13-14-18-24-38-36-32(35-37-38)30(27-20-16-15-17-21-27)33(39)34-31-28(25(2)3)22-19-23-29(31)26(4)5/h15-17,19-23,25-26,30H,6-14,18,24H2,1-5H3,(H,34,39). The van der Waals surface area contributed by atoms with Crippen LogP contribution in [-0.4, -0.2) is 26.1 Å². The van der Waals surface area contributed by atoms with Crippen LogP contribution in [0.25, 0.3) is 0 Å². The van der Waals surface area contributed by atoms with Crippen molar-refractivity contribution in [2.45, 2.75) is 123 Å². The first-order valence-corrected chi connectivity index (χ1v) is 15.2. The number of aryl methyl sites for hydroxylation is 1. The molecule has 1 amide bonds. The van der Waals surface area contributed by atoms with Gasteiger partial charge in [-0.05, 0) is 40.2 Å². The summed E-state index contributed by atoms with van der Waals surface area (Å²) in [5.41, 5.74) is 4.05. The zero-order valence-corrected chi connectivity index (χ0v) is 24.8. The Morgan fingerprint density at radius 3 is 1.90 bits per heavy atom. The minimum Gasteiger partial charge on any atom is -0.325 e. The van der Waals surface area contributed by atoms with Gasteiger partial charge in [0.15, 0.2) is 5.82 Å². The van der Waals surface area contributed by atoms with Gasteiger partial charge in [0.05, 0.1) is 6.54 Å². The van der Waals surface area contributed by atoms with Crippen LogP contribution in [0.3, 0.4) is 0 Å². The lowest BCUT2D eigenvalue weighted by Crippen LogP contribution is -2.25. The lowest BCUT2D eigenvalue weighted by atomic mass is 9.91. The molecule has 0 aliphatic heterocycles. The van der Waals surface area contributed by atoms with E-state index in [0.29, 0.717) is 5.82 Å². The van der Waals surface area contributed by atoms with Crippen LogP contribution in [0.4, 0.5) is 5.69 Å². The second-order valence-electron chi connectivity index (χ2n) is 11.4. The number of nitrogens with one attached hydrogen (secondary N) is 1. The molecule has 0 aliphatic rings. The first-order chi connectivity index (χ1) is 18.9. The predicted octanol–water partition coefficient (Wildman–Crippen LogP) is 8.61. The SMILES string of the molecule is CCCCCCCCCCCCn1nnc(C(C(=O)Nc2c(C(C)C)cccc2C(C)C)c2ccccc2)n1. The molecule has 6 nitrogen and oxygen atoms in total. The number of unbranched alkanes of at least 4 members (excludes halogenated alkanes) is 9. The fourth-order valence-corrected chi connectivity index (χ4v) is 5.16. The van der Waals surface area contributed by atoms with Crippen LogP contribution < -0.4 is 5.32 Å². The zero-order valence-electron chi connectivity index (χ0n) is 24.8. The number of para-hydroxylation sites is 1. The normalized spacial score (nSPS) is 12.3. The van der Waals surface area contributed by atoms with E-state index in [1.807, 2.05) is 30.3 Å². The van der Waals surface area contributed by atoms with Crippen molar-refractivity contribution in [3.05, 3.63) is 71.0 Å². The fraction of sp³-hybridized carbons (Fsp3) is 0.576. The fourth-order valence-electron chi connectivity index (χ4n) is 5.16. The Labute approximate surface area is 236 Å². The number of aromatic nitrogens is 4. The molecule has 3 aromatic rings. The number of amides is 1. The second-order valence-corrected chi connectivity index (χ2v) is 11.4. The molecule has 0 radical (unpaired) electrons. The average molecular weight is 532 g/mol. The summed E-state index contributed by atoms with van der Waals surface area (Å²) in [5.74, 6) is 0.255. The largest absolute Gasteiger partial charge is 0.325 e. The van der Waals surface area contributed by atoms with Gasteiger partial charge >= 0.3 is 0 Å². The highest BCUT2D eigenvalue weighted by molar-refractivity contribution is 5.99. The van der Waals surface area contributed by atoms with Crippen molar-refractivity contribution in [3.63, 3.8) is 0 Å². The summed E-state index contributed by atoms with van der Waals surface area (Å²) in [6, 6.07) is 16.1. The lowest BCUT2D eigenvalue weighted by Gasteiger charge is -2.22. The van der Waals surface area contributed by atoms with Crippen LogP contribution in [0, 0.1) is 0 Å². The summed E-state index contributed by atoms with van der Waals surface area (Å²) in [7, 11) is 0. The maximum absolute atomic E-state index is 13.9. The van der Waals surface area contributed by atoms with Gasteiger partial charge in [-0.1, -0.05) is 141 Å². The van der Waals surface area contributed by atoms with E-state index in [9.17, 15) is 4.79 Å². The minimum atomic E-state index is -0.632. The van der Waals surface area contributed by atoms with Gasteiger partial charge in [0.2, 0.25) is 5.91 Å². The van der Waals surface area contributed by atoms with E-state index in [1.165, 1.54) is 57.8 Å². The Balaban J connectivity index is 1.66. The summed E-state index contributed by atoms with van der Waals surface area (Å²) < 4.78 is 0. The van der Waals surface area contributed by atoms with Gasteiger partial charge in [0.1, 0.15) is 5.92 Å². The van der Waals surface area contributed by atoms with Gasteiger partial charge in [0.25, 0.3) is 0 Å². The highest BCUT2D eigenvalue weighted by Crippen LogP contribution is 2.34. The minimum absolute atomic E-state index is 0.130. The zero-order chi connectivity index (χ0) is 28.0. The number of carbonyl (C=O) groups excluding carboxylic acids is 1. The van der Waals surface area contributed by atoms with E-state index < -0.39 is 5.92 Å². The predicted molar refractivity (Wildman–Crippen MR) is 161 cm³/mol. The number of hydrogen-bond donors (Lipinski definition) is 1. The second kappa shape index (κ2) is 16.2. The van der Waals surface area contributed by atoms with E-state index in [0.717, 1.165) is 35.3 Å². The molecule has 0 bridgehead atoms. The van der Waals surface area contributed by atoms with Gasteiger partial charge in [0, 0.05) is 5.69 Å². The Bertz CT molecular complexity index is 1100. The van der Waals surface area contributed by atoms with Crippen molar-refractivity contribution in [3.8, 4) is 0 Å². The summed E-state index contributed by atoms with van der Waals surface area (Å²) in [6.07, 6.45) is 12.8. The molecule has 39 heavy (non-hydrogen) atoms. The molecule has 6 heteroatoms. The third-order valence-electron chi connectivity index (χ3n) is 7.45. The topological polar surface area (TPSA) is 72.7 Å². The Morgan fingerprint density at radius 2 is 1.33 bits per heavy atom. The average Bonchev–Trinajstić information content (AvgIpc) is 3.38. The highest BCUT2D eigenvalue weighted by atomic mass is 16.2. The van der Waals surface area contributed by atoms with Gasteiger partial charge in [-0.15, -0.1) is 10.2 Å². The number of benzene rings is 2. The molecule has 212 valence electrons. The summed E-state index contributed by atoms with van der Waals surface area (Å²) in [6.45, 7) is 11.6. The maximum atomic E-state index is 13.9. The van der Waals surface area contributed by atoms with Crippen LogP contribution in [0.2, 0.25) is 0 Å². The van der Waals surface area contributed by atoms with E-state index in [4.69, 9.17) is 0 Å². The van der Waals surface area contributed by atoms with Crippen LogP contribution in [0.1, 0.15) is 139 Å². The first kappa shape index (κ1) is 30.5. The number of anilines is 1. The number of nitrogens with zero attached hydrogens (tertiary/aromatic N) is 4. The molecular weight excluding hydrogens is 482 g/mol. The number of rotatable bonds is 17. The number of hydrogen-bond acceptors (Lipinski definition) is 4. The molecule has 1 atom stereocenters. The molecule has 0 fully saturated rings. The summed E-state index contributed by atoms with van der Waals surface area (Å²) in [4.78, 5) is 15.5. The van der Waals surface area contributed by atoms with Gasteiger partial charge in [-0.3, -0.25) is 4.79 Å². The van der Waals surface area contributed by atoms with Crippen molar-refractivity contribution < 1.29 is 4.79 Å². The monoisotopic (exact) mass is 531 g/mol. The van der Waals surface area contributed by atoms with E-state index in [1.54, 1.807) is 4.80 Å². The molecule has 1 unspecified atom stereocenters. The van der Waals surface area contributed by atoms with Crippen molar-refractivity contribution >= 4 is 11.6 Å². The summed E-state index contributed by atoms with van der Waals surface area (Å²) >= 11 is 0. The molecule has 1 aromatic heterocycles. The molecule has 2 aromatic carbocycles. The first-order valence-electron chi connectivity index (χ1n) is 15.2. The van der Waals surface area contributed by atoms with Gasteiger partial charge < -0.3 is 5.32 Å². The maximum Gasteiger partial charge on any atom is 0.239 e. The van der Waals surface area contributed by atoms with Crippen LogP contribution in [-0.2, 0) is 11.3 Å². The number of tetrazole rings is 1. The van der Waals surface area contributed by atoms with Crippen LogP contribution in [0.5, 0.6) is 0 Å². The van der Waals surface area contributed by atoms with E-state index in [2.05, 4.69) is 73.5 Å². The third-order valence-corrected chi connectivity index (χ3v) is 7.45. The molecule has 0 aliphatic carbocycles. The van der Waals surface area contributed by atoms with Crippen LogP contribution >= 0.6 is 0 Å². The third kappa shape index (κ3) is 9.29. The number of carbonyl (C=O) groups is 1. The molecule has 1 heterocycles. The van der Waals surface area contributed by atoms with Crippen molar-refractivity contribution in [2.24, 2.45) is 0 Å². The Hall–Kier alpha value is -3.02. The van der Waals surface area contributed by atoms with Gasteiger partial charge in [-0.25, -0.2) is 0 Å². The Kier molecular flexibility index (Phi) is 12.7. The summed E-state index contributed by atoms with van der Waals surface area (Å²) in [5, 5.41) is 16.6. The van der Waals surface area contributed by atoms with Crippen molar-refractivity contribution in [1.82, 2.24) is 20.2 Å². The van der Waals surface area contributed by atoms with Crippen molar-refractivity contribution in [2.75, 3.05) is 5.32 Å². The van der Waals surface area contributed by atoms with E-state index in [-0.39, 0.29) is 17.7 Å². The molecule has 0 saturated carbocycles. The molecule has 3 rings (SSSR count). The van der Waals surface area contributed by atoms with Gasteiger partial charge in [-0.2, -0.15) is 4.80 Å². The Morgan fingerprint density at radius 1 is 0.769 bits per heavy atom. The lowest BCUT2D eigenvalue weighted by molar-refractivity contribution is -0.116.